The maximum absolute atomic E-state index is 11.5. The SMILES string of the molecule is CCCNC(CCCS(=O)(=O)CC)C1CCOCC1. The molecule has 1 heterocycles. The molecule has 1 rings (SSSR count). The molecule has 19 heavy (non-hydrogen) atoms. The molecule has 0 radical (unpaired) electrons. The molecule has 0 aromatic rings. The van der Waals surface area contributed by atoms with Crippen molar-refractivity contribution in [2.75, 3.05) is 31.3 Å². The van der Waals surface area contributed by atoms with E-state index in [0.29, 0.717) is 17.7 Å². The molecular weight excluding hydrogens is 262 g/mol. The summed E-state index contributed by atoms with van der Waals surface area (Å²) in [5.41, 5.74) is 0. The second-order valence-corrected chi connectivity index (χ2v) is 7.86. The molecule has 0 saturated carbocycles. The maximum Gasteiger partial charge on any atom is 0.150 e. The molecule has 0 aromatic carbocycles. The summed E-state index contributed by atoms with van der Waals surface area (Å²) in [5, 5.41) is 3.59. The highest BCUT2D eigenvalue weighted by Crippen LogP contribution is 2.22. The lowest BCUT2D eigenvalue weighted by Crippen LogP contribution is -2.39. The van der Waals surface area contributed by atoms with Crippen LogP contribution in [-0.2, 0) is 14.6 Å². The zero-order valence-corrected chi connectivity index (χ0v) is 13.2. The van der Waals surface area contributed by atoms with Crippen molar-refractivity contribution in [1.29, 1.82) is 0 Å². The molecule has 1 aliphatic heterocycles. The highest BCUT2D eigenvalue weighted by atomic mass is 32.2. The van der Waals surface area contributed by atoms with Crippen LogP contribution in [0.5, 0.6) is 0 Å². The number of hydrogen-bond donors (Lipinski definition) is 1. The minimum absolute atomic E-state index is 0.261. The lowest BCUT2D eigenvalue weighted by atomic mass is 9.89. The highest BCUT2D eigenvalue weighted by molar-refractivity contribution is 7.91. The Hall–Kier alpha value is -0.130. The first kappa shape index (κ1) is 16.9. The standard InChI is InChI=1S/C14H29NO3S/c1-3-9-15-14(13-7-10-18-11-8-13)6-5-12-19(16,17)4-2/h13-15H,3-12H2,1-2H3. The second-order valence-electron chi connectivity index (χ2n) is 5.39. The number of sulfone groups is 1. The molecular formula is C14H29NO3S. The van der Waals surface area contributed by atoms with Crippen molar-refractivity contribution >= 4 is 9.84 Å². The van der Waals surface area contributed by atoms with Gasteiger partial charge in [0.25, 0.3) is 0 Å². The topological polar surface area (TPSA) is 55.4 Å². The van der Waals surface area contributed by atoms with Crippen LogP contribution < -0.4 is 5.32 Å². The predicted octanol–water partition coefficient (Wildman–Crippen LogP) is 2.00. The van der Waals surface area contributed by atoms with Crippen molar-refractivity contribution in [3.63, 3.8) is 0 Å². The van der Waals surface area contributed by atoms with Gasteiger partial charge in [0.05, 0.1) is 5.75 Å². The summed E-state index contributed by atoms with van der Waals surface area (Å²) in [4.78, 5) is 0. The Labute approximate surface area is 118 Å². The van der Waals surface area contributed by atoms with Crippen LogP contribution >= 0.6 is 0 Å². The van der Waals surface area contributed by atoms with Gasteiger partial charge in [0, 0.05) is 25.0 Å². The van der Waals surface area contributed by atoms with Crippen LogP contribution in [0.3, 0.4) is 0 Å². The van der Waals surface area contributed by atoms with Crippen molar-refractivity contribution in [2.24, 2.45) is 5.92 Å². The van der Waals surface area contributed by atoms with Crippen molar-refractivity contribution < 1.29 is 13.2 Å². The van der Waals surface area contributed by atoms with Crippen LogP contribution in [0, 0.1) is 5.92 Å². The van der Waals surface area contributed by atoms with Crippen molar-refractivity contribution in [3.05, 3.63) is 0 Å². The molecule has 1 unspecified atom stereocenters. The third kappa shape index (κ3) is 6.72. The lowest BCUT2D eigenvalue weighted by Gasteiger charge is -2.31. The zero-order valence-electron chi connectivity index (χ0n) is 12.4. The molecule has 0 aliphatic carbocycles. The highest BCUT2D eigenvalue weighted by Gasteiger charge is 2.23. The minimum Gasteiger partial charge on any atom is -0.381 e. The summed E-state index contributed by atoms with van der Waals surface area (Å²) >= 11 is 0. The average Bonchev–Trinajstić information content (AvgIpc) is 2.43. The Morgan fingerprint density at radius 2 is 1.95 bits per heavy atom. The largest absolute Gasteiger partial charge is 0.381 e. The summed E-state index contributed by atoms with van der Waals surface area (Å²) in [6.45, 7) is 6.60. The Balaban J connectivity index is 2.40. The molecule has 1 N–H and O–H groups in total. The van der Waals surface area contributed by atoms with Crippen LogP contribution in [0.4, 0.5) is 0 Å². The second kappa shape index (κ2) is 8.93. The maximum atomic E-state index is 11.5. The fourth-order valence-electron chi connectivity index (χ4n) is 2.62. The smallest absolute Gasteiger partial charge is 0.150 e. The van der Waals surface area contributed by atoms with Crippen LogP contribution in [0.2, 0.25) is 0 Å². The molecule has 114 valence electrons. The number of ether oxygens (including phenoxy) is 1. The van der Waals surface area contributed by atoms with E-state index in [1.807, 2.05) is 0 Å². The summed E-state index contributed by atoms with van der Waals surface area (Å²) in [6, 6.07) is 0.455. The summed E-state index contributed by atoms with van der Waals surface area (Å²) < 4.78 is 28.5. The van der Waals surface area contributed by atoms with Crippen LogP contribution in [-0.4, -0.2) is 45.7 Å². The normalized spacial score (nSPS) is 19.5. The Bertz CT molecular complexity index is 324. The molecule has 5 heteroatoms. The summed E-state index contributed by atoms with van der Waals surface area (Å²) in [7, 11) is -2.82. The van der Waals surface area contributed by atoms with Crippen molar-refractivity contribution in [3.8, 4) is 0 Å². The Morgan fingerprint density at radius 3 is 2.53 bits per heavy atom. The van der Waals surface area contributed by atoms with Gasteiger partial charge in [0.2, 0.25) is 0 Å². The lowest BCUT2D eigenvalue weighted by molar-refractivity contribution is 0.0525. The van der Waals surface area contributed by atoms with Crippen LogP contribution in [0.15, 0.2) is 0 Å². The number of hydrogen-bond acceptors (Lipinski definition) is 4. The van der Waals surface area contributed by atoms with E-state index in [9.17, 15) is 8.42 Å². The van der Waals surface area contributed by atoms with Gasteiger partial charge in [-0.3, -0.25) is 0 Å². The Morgan fingerprint density at radius 1 is 1.26 bits per heavy atom. The van der Waals surface area contributed by atoms with Gasteiger partial charge in [-0.05, 0) is 44.6 Å². The number of nitrogens with one attached hydrogen (secondary N) is 1. The third-order valence-corrected chi connectivity index (χ3v) is 5.69. The fourth-order valence-corrected chi connectivity index (χ4v) is 3.52. The van der Waals surface area contributed by atoms with E-state index in [4.69, 9.17) is 4.74 Å². The van der Waals surface area contributed by atoms with Gasteiger partial charge in [-0.15, -0.1) is 0 Å². The molecule has 0 aromatic heterocycles. The van der Waals surface area contributed by atoms with Gasteiger partial charge in [-0.25, -0.2) is 8.42 Å². The quantitative estimate of drug-likeness (QED) is 0.706. The molecule has 1 saturated heterocycles. The summed E-state index contributed by atoms with van der Waals surface area (Å²) in [6.07, 6.45) is 5.05. The van der Waals surface area contributed by atoms with E-state index in [0.717, 1.165) is 51.9 Å². The van der Waals surface area contributed by atoms with Gasteiger partial charge in [0.15, 0.2) is 0 Å². The first-order valence-electron chi connectivity index (χ1n) is 7.60. The van der Waals surface area contributed by atoms with Gasteiger partial charge in [-0.2, -0.15) is 0 Å². The third-order valence-electron chi connectivity index (χ3n) is 3.90. The predicted molar refractivity (Wildman–Crippen MR) is 79.2 cm³/mol. The molecule has 0 amide bonds. The van der Waals surface area contributed by atoms with E-state index >= 15 is 0 Å². The zero-order chi connectivity index (χ0) is 14.1. The molecule has 1 fully saturated rings. The minimum atomic E-state index is -2.82. The molecule has 1 aliphatic rings. The fraction of sp³-hybridized carbons (Fsp3) is 1.00. The van der Waals surface area contributed by atoms with Crippen LogP contribution in [0.25, 0.3) is 0 Å². The monoisotopic (exact) mass is 291 g/mol. The van der Waals surface area contributed by atoms with Gasteiger partial charge < -0.3 is 10.1 Å². The van der Waals surface area contributed by atoms with Crippen LogP contribution in [0.1, 0.15) is 46.0 Å². The average molecular weight is 291 g/mol. The van der Waals surface area contributed by atoms with E-state index < -0.39 is 9.84 Å². The first-order valence-corrected chi connectivity index (χ1v) is 9.42. The van der Waals surface area contributed by atoms with Gasteiger partial charge >= 0.3 is 0 Å². The van der Waals surface area contributed by atoms with E-state index in [2.05, 4.69) is 12.2 Å². The van der Waals surface area contributed by atoms with E-state index in [1.54, 1.807) is 6.92 Å². The first-order chi connectivity index (χ1) is 9.09. The Kier molecular flexibility index (Phi) is 7.95. The van der Waals surface area contributed by atoms with Gasteiger partial charge in [-0.1, -0.05) is 13.8 Å². The van der Waals surface area contributed by atoms with Crippen molar-refractivity contribution in [1.82, 2.24) is 5.32 Å². The molecule has 0 spiro atoms. The van der Waals surface area contributed by atoms with Gasteiger partial charge in [0.1, 0.15) is 9.84 Å². The molecule has 4 nitrogen and oxygen atoms in total. The van der Waals surface area contributed by atoms with E-state index in [1.165, 1.54) is 0 Å². The van der Waals surface area contributed by atoms with E-state index in [-0.39, 0.29) is 5.75 Å². The summed E-state index contributed by atoms with van der Waals surface area (Å²) in [5.74, 6) is 1.23. The number of rotatable bonds is 9. The van der Waals surface area contributed by atoms with Crippen molar-refractivity contribution in [2.45, 2.75) is 52.0 Å². The molecule has 0 bridgehead atoms. The molecule has 1 atom stereocenters.